The Hall–Kier alpha value is -0.570. The molecule has 2 aliphatic heterocycles. The van der Waals surface area contributed by atoms with Crippen LogP contribution in [0.3, 0.4) is 0 Å². The van der Waals surface area contributed by atoms with E-state index < -0.39 is 0 Å². The summed E-state index contributed by atoms with van der Waals surface area (Å²) in [5, 5.41) is 4.25. The van der Waals surface area contributed by atoms with Crippen molar-refractivity contribution < 1.29 is 4.74 Å². The molecule has 86 valence electrons. The molecule has 0 aromatic heterocycles. The van der Waals surface area contributed by atoms with Gasteiger partial charge >= 0.3 is 0 Å². The van der Waals surface area contributed by atoms with Crippen LogP contribution in [-0.2, 0) is 4.74 Å². The van der Waals surface area contributed by atoms with Gasteiger partial charge in [-0.05, 0) is 25.5 Å². The summed E-state index contributed by atoms with van der Waals surface area (Å²) in [6.45, 7) is 6.19. The third-order valence-corrected chi connectivity index (χ3v) is 4.21. The number of rotatable bonds is 0. The fraction of sp³-hybridized carbons (Fsp3) is 0.538. The topological polar surface area (TPSA) is 21.3 Å². The molecule has 2 nitrogen and oxygen atoms in total. The first-order valence-electron chi connectivity index (χ1n) is 5.79. The molecule has 2 heterocycles. The summed E-state index contributed by atoms with van der Waals surface area (Å²) in [6, 6.07) is 6.18. The van der Waals surface area contributed by atoms with E-state index in [1.54, 1.807) is 0 Å². The Balaban J connectivity index is 2.18. The Labute approximate surface area is 101 Å². The normalized spacial score (nSPS) is 36.9. The molecule has 0 amide bonds. The lowest BCUT2D eigenvalue weighted by Gasteiger charge is -2.41. The third-order valence-electron chi connectivity index (χ3n) is 3.88. The number of ether oxygens (including phenoxy) is 1. The average molecular weight is 238 g/mol. The van der Waals surface area contributed by atoms with E-state index in [0.29, 0.717) is 5.92 Å². The molecule has 2 aliphatic rings. The minimum atomic E-state index is -0.0723. The predicted molar refractivity (Wildman–Crippen MR) is 65.0 cm³/mol. The molecule has 1 N–H and O–H groups in total. The van der Waals surface area contributed by atoms with Gasteiger partial charge in [-0.25, -0.2) is 0 Å². The summed E-state index contributed by atoms with van der Waals surface area (Å²) in [5.74, 6) is 0.428. The van der Waals surface area contributed by atoms with Crippen molar-refractivity contribution in [3.8, 4) is 0 Å². The molecule has 0 aliphatic carbocycles. The number of nitrogens with one attached hydrogen (secondary N) is 1. The molecular weight excluding hydrogens is 222 g/mol. The zero-order chi connectivity index (χ0) is 11.3. The maximum atomic E-state index is 6.27. The Morgan fingerprint density at radius 2 is 2.31 bits per heavy atom. The van der Waals surface area contributed by atoms with E-state index in [9.17, 15) is 0 Å². The van der Waals surface area contributed by atoms with Gasteiger partial charge in [0.15, 0.2) is 0 Å². The molecule has 0 bridgehead atoms. The molecule has 0 radical (unpaired) electrons. The van der Waals surface area contributed by atoms with Crippen molar-refractivity contribution in [2.24, 2.45) is 0 Å². The van der Waals surface area contributed by atoms with Gasteiger partial charge < -0.3 is 10.1 Å². The smallest absolute Gasteiger partial charge is 0.0866 e. The predicted octanol–water partition coefficient (Wildman–Crippen LogP) is 2.88. The van der Waals surface area contributed by atoms with Crippen LogP contribution in [0.4, 0.5) is 0 Å². The van der Waals surface area contributed by atoms with Crippen molar-refractivity contribution in [2.45, 2.75) is 31.5 Å². The van der Waals surface area contributed by atoms with Crippen LogP contribution >= 0.6 is 11.6 Å². The van der Waals surface area contributed by atoms with E-state index in [-0.39, 0.29) is 11.7 Å². The molecule has 3 rings (SSSR count). The highest BCUT2D eigenvalue weighted by Gasteiger charge is 2.46. The maximum Gasteiger partial charge on any atom is 0.0866 e. The first kappa shape index (κ1) is 10.6. The van der Waals surface area contributed by atoms with E-state index in [0.717, 1.165) is 18.1 Å². The van der Waals surface area contributed by atoms with Gasteiger partial charge in [0.2, 0.25) is 0 Å². The van der Waals surface area contributed by atoms with Crippen molar-refractivity contribution in [3.05, 3.63) is 34.3 Å². The van der Waals surface area contributed by atoms with E-state index in [1.807, 2.05) is 12.1 Å². The number of hydrogen-bond acceptors (Lipinski definition) is 2. The molecule has 0 saturated carbocycles. The lowest BCUT2D eigenvalue weighted by Crippen LogP contribution is -2.41. The van der Waals surface area contributed by atoms with E-state index in [1.165, 1.54) is 11.1 Å². The minimum Gasteiger partial charge on any atom is -0.366 e. The first-order valence-corrected chi connectivity index (χ1v) is 6.16. The average Bonchev–Trinajstić information content (AvgIpc) is 2.59. The van der Waals surface area contributed by atoms with Crippen LogP contribution in [0.25, 0.3) is 0 Å². The van der Waals surface area contributed by atoms with Gasteiger partial charge in [-0.1, -0.05) is 23.7 Å². The summed E-state index contributed by atoms with van der Waals surface area (Å²) < 4.78 is 6.16. The zero-order valence-electron chi connectivity index (χ0n) is 9.59. The standard InChI is InChI=1S/C13H16ClNO/c1-8-12-9(4-3-5-11(12)14)10-6-15-7-13(10,2)16-8/h3-5,8,10,15H,6-7H2,1-2H3. The van der Waals surface area contributed by atoms with Gasteiger partial charge in [0, 0.05) is 29.6 Å². The second-order valence-corrected chi connectivity index (χ2v) is 5.41. The van der Waals surface area contributed by atoms with Crippen LogP contribution in [0, 0.1) is 0 Å². The van der Waals surface area contributed by atoms with E-state index >= 15 is 0 Å². The Morgan fingerprint density at radius 1 is 1.50 bits per heavy atom. The van der Waals surface area contributed by atoms with Crippen molar-refractivity contribution in [3.63, 3.8) is 0 Å². The molecule has 1 fully saturated rings. The Bertz CT molecular complexity index is 434. The maximum absolute atomic E-state index is 6.27. The molecule has 16 heavy (non-hydrogen) atoms. The lowest BCUT2D eigenvalue weighted by molar-refractivity contribution is -0.0865. The second kappa shape index (κ2) is 3.46. The molecule has 1 saturated heterocycles. The summed E-state index contributed by atoms with van der Waals surface area (Å²) in [7, 11) is 0. The van der Waals surface area contributed by atoms with Crippen LogP contribution in [0.2, 0.25) is 5.02 Å². The van der Waals surface area contributed by atoms with Gasteiger partial charge in [-0.15, -0.1) is 0 Å². The van der Waals surface area contributed by atoms with E-state index in [2.05, 4.69) is 25.2 Å². The van der Waals surface area contributed by atoms with Crippen LogP contribution < -0.4 is 5.32 Å². The monoisotopic (exact) mass is 237 g/mol. The van der Waals surface area contributed by atoms with E-state index in [4.69, 9.17) is 16.3 Å². The molecule has 1 aromatic rings. The Morgan fingerprint density at radius 3 is 3.12 bits per heavy atom. The van der Waals surface area contributed by atoms with Crippen LogP contribution in [0.5, 0.6) is 0 Å². The number of fused-ring (bicyclic) bond motifs is 3. The van der Waals surface area contributed by atoms with Gasteiger partial charge in [-0.3, -0.25) is 0 Å². The SMILES string of the molecule is CC1OC2(C)CNCC2c2cccc(Cl)c21. The second-order valence-electron chi connectivity index (χ2n) is 5.00. The molecule has 1 aromatic carbocycles. The quantitative estimate of drug-likeness (QED) is 0.749. The van der Waals surface area contributed by atoms with Crippen molar-refractivity contribution in [1.29, 1.82) is 0 Å². The number of halogens is 1. The third kappa shape index (κ3) is 1.33. The number of benzene rings is 1. The van der Waals surface area contributed by atoms with Crippen molar-refractivity contribution >= 4 is 11.6 Å². The largest absolute Gasteiger partial charge is 0.366 e. The molecular formula is C13H16ClNO. The molecule has 0 spiro atoms. The van der Waals surface area contributed by atoms with Crippen molar-refractivity contribution in [2.75, 3.05) is 13.1 Å². The fourth-order valence-electron chi connectivity index (χ4n) is 3.12. The van der Waals surface area contributed by atoms with Gasteiger partial charge in [0.1, 0.15) is 0 Å². The summed E-state index contributed by atoms with van der Waals surface area (Å²) in [5.41, 5.74) is 2.46. The van der Waals surface area contributed by atoms with Gasteiger partial charge in [0.05, 0.1) is 11.7 Å². The van der Waals surface area contributed by atoms with Gasteiger partial charge in [-0.2, -0.15) is 0 Å². The minimum absolute atomic E-state index is 0.0723. The molecule has 3 atom stereocenters. The van der Waals surface area contributed by atoms with Crippen LogP contribution in [0.15, 0.2) is 18.2 Å². The summed E-state index contributed by atoms with van der Waals surface area (Å²) >= 11 is 6.27. The van der Waals surface area contributed by atoms with Crippen LogP contribution in [0.1, 0.15) is 37.0 Å². The molecule has 3 heteroatoms. The zero-order valence-corrected chi connectivity index (χ0v) is 10.3. The van der Waals surface area contributed by atoms with Gasteiger partial charge in [0.25, 0.3) is 0 Å². The number of hydrogen-bond donors (Lipinski definition) is 1. The van der Waals surface area contributed by atoms with Crippen molar-refractivity contribution in [1.82, 2.24) is 5.32 Å². The highest BCUT2D eigenvalue weighted by molar-refractivity contribution is 6.31. The molecule has 3 unspecified atom stereocenters. The summed E-state index contributed by atoms with van der Waals surface area (Å²) in [4.78, 5) is 0. The Kier molecular flexibility index (Phi) is 2.29. The highest BCUT2D eigenvalue weighted by atomic mass is 35.5. The fourth-order valence-corrected chi connectivity index (χ4v) is 3.45. The highest BCUT2D eigenvalue weighted by Crippen LogP contribution is 2.47. The van der Waals surface area contributed by atoms with Crippen LogP contribution in [-0.4, -0.2) is 18.7 Å². The lowest BCUT2D eigenvalue weighted by atomic mass is 9.80. The summed E-state index contributed by atoms with van der Waals surface area (Å²) in [6.07, 6.45) is 0.0878. The first-order chi connectivity index (χ1) is 7.62.